The minimum atomic E-state index is -0.918. The Balaban J connectivity index is 1.53. The van der Waals surface area contributed by atoms with E-state index in [9.17, 15) is 15.0 Å². The Morgan fingerprint density at radius 2 is 1.71 bits per heavy atom. The van der Waals surface area contributed by atoms with Crippen molar-refractivity contribution in [3.05, 3.63) is 112 Å². The molecule has 0 fully saturated rings. The van der Waals surface area contributed by atoms with E-state index in [1.54, 1.807) is 0 Å². The van der Waals surface area contributed by atoms with Gasteiger partial charge in [0, 0.05) is 27.1 Å². The molecule has 0 aliphatic heterocycles. The molecular formula is C35H40ClNO3S. The quantitative estimate of drug-likeness (QED) is 0.163. The predicted molar refractivity (Wildman–Crippen MR) is 172 cm³/mol. The molecular weight excluding hydrogens is 550 g/mol. The Morgan fingerprint density at radius 3 is 2.46 bits per heavy atom. The zero-order valence-corrected chi connectivity index (χ0v) is 25.9. The summed E-state index contributed by atoms with van der Waals surface area (Å²) in [6.45, 7) is 7.72. The zero-order valence-electron chi connectivity index (χ0n) is 24.4. The molecule has 0 aliphatic carbocycles. The number of nitrogens with zero attached hydrogens (tertiary/aromatic N) is 1. The molecule has 0 bridgehead atoms. The van der Waals surface area contributed by atoms with Gasteiger partial charge in [0.2, 0.25) is 0 Å². The van der Waals surface area contributed by atoms with E-state index in [0.29, 0.717) is 5.02 Å². The van der Waals surface area contributed by atoms with Gasteiger partial charge in [0.25, 0.3) is 0 Å². The van der Waals surface area contributed by atoms with Crippen molar-refractivity contribution in [3.8, 4) is 0 Å². The van der Waals surface area contributed by atoms with Crippen LogP contribution in [-0.2, 0) is 29.0 Å². The monoisotopic (exact) mass is 589 g/mol. The molecule has 2 N–H and O–H groups in total. The number of aliphatic carboxylic acids is 1. The highest BCUT2D eigenvalue weighted by Crippen LogP contribution is 2.41. The molecule has 3 aromatic carbocycles. The van der Waals surface area contributed by atoms with E-state index in [0.717, 1.165) is 59.2 Å². The molecule has 0 saturated carbocycles. The van der Waals surface area contributed by atoms with E-state index >= 15 is 0 Å². The minimum absolute atomic E-state index is 0.149. The number of fused-ring (bicyclic) bond motifs is 1. The predicted octanol–water partition coefficient (Wildman–Crippen LogP) is 9.16. The molecule has 41 heavy (non-hydrogen) atoms. The van der Waals surface area contributed by atoms with Gasteiger partial charge in [-0.25, -0.2) is 0 Å². The fourth-order valence-electron chi connectivity index (χ4n) is 5.29. The normalized spacial score (nSPS) is 12.9. The molecule has 6 heteroatoms. The van der Waals surface area contributed by atoms with Crippen molar-refractivity contribution in [2.75, 3.05) is 0 Å². The first-order valence-electron chi connectivity index (χ1n) is 14.2. The number of aryl methyl sites for hydroxylation is 2. The standard InChI is InChI=1S/C35H40ClNO3S/c1-34(2,22-33(38)39)19-18-32(41-23-27-9-5-6-11-30(27)35(3,4)40)26-10-7-8-24(20-26)12-16-29-17-14-25-13-15-28(36)21-31(25)37-29/h5-11,13-15,17,20-21,32,40H,12,16,18-19,22-23H2,1-4H3,(H,38,39)/t32-/m0/s1. The third-order valence-corrected chi connectivity index (χ3v) is 9.16. The third kappa shape index (κ3) is 9.06. The van der Waals surface area contributed by atoms with Crippen LogP contribution in [0.4, 0.5) is 0 Å². The molecule has 0 aliphatic rings. The molecule has 0 amide bonds. The van der Waals surface area contributed by atoms with Crippen LogP contribution in [0.25, 0.3) is 10.9 Å². The fourth-order valence-corrected chi connectivity index (χ4v) is 6.71. The molecule has 1 heterocycles. The molecule has 216 valence electrons. The maximum atomic E-state index is 11.5. The van der Waals surface area contributed by atoms with Gasteiger partial charge in [-0.3, -0.25) is 9.78 Å². The Bertz CT molecular complexity index is 1490. The number of rotatable bonds is 13. The van der Waals surface area contributed by atoms with Crippen LogP contribution in [0.1, 0.15) is 80.2 Å². The Labute approximate surface area is 253 Å². The van der Waals surface area contributed by atoms with Crippen molar-refractivity contribution >= 4 is 40.2 Å². The second-order valence-corrected chi connectivity index (χ2v) is 13.8. The number of carboxylic acids is 1. The van der Waals surface area contributed by atoms with Gasteiger partial charge in [-0.2, -0.15) is 0 Å². The minimum Gasteiger partial charge on any atom is -0.481 e. The van der Waals surface area contributed by atoms with E-state index in [2.05, 4.69) is 42.5 Å². The number of carboxylic acid groups (broad SMARTS) is 1. The summed E-state index contributed by atoms with van der Waals surface area (Å²) in [5.41, 5.74) is 5.30. The summed E-state index contributed by atoms with van der Waals surface area (Å²) >= 11 is 8.04. The lowest BCUT2D eigenvalue weighted by Gasteiger charge is -2.27. The summed E-state index contributed by atoms with van der Waals surface area (Å²) in [6.07, 6.45) is 3.52. The van der Waals surface area contributed by atoms with Crippen molar-refractivity contribution in [3.63, 3.8) is 0 Å². The van der Waals surface area contributed by atoms with Crippen LogP contribution in [0.2, 0.25) is 5.02 Å². The topological polar surface area (TPSA) is 70.4 Å². The number of carbonyl (C=O) groups is 1. The van der Waals surface area contributed by atoms with Gasteiger partial charge in [0.1, 0.15) is 0 Å². The number of hydrogen-bond acceptors (Lipinski definition) is 4. The summed E-state index contributed by atoms with van der Waals surface area (Å²) in [6, 6.07) is 26.8. The van der Waals surface area contributed by atoms with E-state index < -0.39 is 11.6 Å². The lowest BCUT2D eigenvalue weighted by Crippen LogP contribution is -2.18. The van der Waals surface area contributed by atoms with Crippen LogP contribution in [0.3, 0.4) is 0 Å². The largest absolute Gasteiger partial charge is 0.481 e. The van der Waals surface area contributed by atoms with E-state index in [1.165, 1.54) is 11.1 Å². The van der Waals surface area contributed by atoms with Gasteiger partial charge in [-0.1, -0.05) is 86.1 Å². The Morgan fingerprint density at radius 1 is 0.951 bits per heavy atom. The number of thioether (sulfide) groups is 1. The number of halogens is 1. The third-order valence-electron chi connectivity index (χ3n) is 7.53. The van der Waals surface area contributed by atoms with E-state index in [4.69, 9.17) is 16.6 Å². The van der Waals surface area contributed by atoms with Gasteiger partial charge >= 0.3 is 5.97 Å². The first kappa shape index (κ1) is 31.1. The lowest BCUT2D eigenvalue weighted by molar-refractivity contribution is -0.139. The van der Waals surface area contributed by atoms with E-state index in [-0.39, 0.29) is 17.1 Å². The van der Waals surface area contributed by atoms with Crippen molar-refractivity contribution in [2.24, 2.45) is 5.41 Å². The second-order valence-electron chi connectivity index (χ2n) is 12.2. The van der Waals surface area contributed by atoms with Crippen molar-refractivity contribution in [1.29, 1.82) is 0 Å². The molecule has 1 atom stereocenters. The smallest absolute Gasteiger partial charge is 0.303 e. The summed E-state index contributed by atoms with van der Waals surface area (Å²) in [4.78, 5) is 16.3. The average molecular weight is 590 g/mol. The van der Waals surface area contributed by atoms with Gasteiger partial charge in [-0.05, 0) is 85.4 Å². The van der Waals surface area contributed by atoms with Crippen LogP contribution in [-0.4, -0.2) is 21.2 Å². The van der Waals surface area contributed by atoms with Crippen molar-refractivity contribution < 1.29 is 15.0 Å². The molecule has 0 spiro atoms. The molecule has 0 saturated heterocycles. The number of hydrogen-bond donors (Lipinski definition) is 2. The zero-order chi connectivity index (χ0) is 29.6. The number of aliphatic hydroxyl groups is 1. The SMILES string of the molecule is CC(C)(CC[C@H](SCc1ccccc1C(C)(C)O)c1cccc(CCc2ccc3ccc(Cl)cc3n2)c1)CC(=O)O. The maximum Gasteiger partial charge on any atom is 0.303 e. The van der Waals surface area contributed by atoms with Gasteiger partial charge in [0.15, 0.2) is 0 Å². The van der Waals surface area contributed by atoms with Crippen LogP contribution >= 0.6 is 23.4 Å². The molecule has 0 radical (unpaired) electrons. The Kier molecular flexibility index (Phi) is 10.2. The summed E-state index contributed by atoms with van der Waals surface area (Å²) in [7, 11) is 0. The van der Waals surface area contributed by atoms with Crippen molar-refractivity contribution in [1.82, 2.24) is 4.98 Å². The van der Waals surface area contributed by atoms with Crippen molar-refractivity contribution in [2.45, 2.75) is 76.4 Å². The molecule has 4 nitrogen and oxygen atoms in total. The highest BCUT2D eigenvalue weighted by Gasteiger charge is 2.25. The van der Waals surface area contributed by atoms with Crippen LogP contribution in [0, 0.1) is 5.41 Å². The molecule has 4 aromatic rings. The number of aromatic nitrogens is 1. The average Bonchev–Trinajstić information content (AvgIpc) is 2.90. The van der Waals surface area contributed by atoms with Gasteiger partial charge in [-0.15, -0.1) is 11.8 Å². The first-order chi connectivity index (χ1) is 19.4. The first-order valence-corrected chi connectivity index (χ1v) is 15.6. The highest BCUT2D eigenvalue weighted by molar-refractivity contribution is 7.98. The van der Waals surface area contributed by atoms with Crippen LogP contribution < -0.4 is 0 Å². The molecule has 1 aromatic heterocycles. The number of benzene rings is 3. The van der Waals surface area contributed by atoms with Crippen LogP contribution in [0.5, 0.6) is 0 Å². The van der Waals surface area contributed by atoms with Gasteiger partial charge < -0.3 is 10.2 Å². The number of pyridine rings is 1. The lowest BCUT2D eigenvalue weighted by atomic mass is 9.83. The summed E-state index contributed by atoms with van der Waals surface area (Å²) < 4.78 is 0. The Hall–Kier alpha value is -2.86. The maximum absolute atomic E-state index is 11.5. The molecule has 0 unspecified atom stereocenters. The summed E-state index contributed by atoms with van der Waals surface area (Å²) in [5.74, 6) is 0.00252. The fraction of sp³-hybridized carbons (Fsp3) is 0.371. The summed E-state index contributed by atoms with van der Waals surface area (Å²) in [5, 5.41) is 22.1. The van der Waals surface area contributed by atoms with E-state index in [1.807, 2.05) is 75.9 Å². The highest BCUT2D eigenvalue weighted by atomic mass is 35.5. The van der Waals surface area contributed by atoms with Crippen LogP contribution in [0.15, 0.2) is 78.9 Å². The second kappa shape index (κ2) is 13.4. The van der Waals surface area contributed by atoms with Gasteiger partial charge in [0.05, 0.1) is 17.5 Å². The molecule has 4 rings (SSSR count).